The minimum absolute atomic E-state index is 0.642. The average Bonchev–Trinajstić information content (AvgIpc) is 3.11. The summed E-state index contributed by atoms with van der Waals surface area (Å²) in [6, 6.07) is 7.96. The van der Waals surface area contributed by atoms with Gasteiger partial charge in [-0.2, -0.15) is 5.26 Å². The number of nitriles is 1. The van der Waals surface area contributed by atoms with Gasteiger partial charge in [0.1, 0.15) is 12.3 Å². The van der Waals surface area contributed by atoms with Crippen LogP contribution in [0.4, 0.5) is 5.69 Å². The lowest BCUT2D eigenvalue weighted by molar-refractivity contribution is 0.500. The Kier molecular flexibility index (Phi) is 3.35. The Hall–Kier alpha value is -2.39. The maximum atomic E-state index is 9.04. The third-order valence-corrected chi connectivity index (χ3v) is 3.65. The maximum absolute atomic E-state index is 9.04. The van der Waals surface area contributed by atoms with Crippen LogP contribution in [-0.2, 0) is 6.42 Å². The standard InChI is InChI=1S/C14H12N4OS/c1-2-12-17-13(8-19-12)20-18-11-5-3-4-10-9(6-15)7-16-14(10)11/h3-5,7-8,16,18H,2H2,1H3. The zero-order chi connectivity index (χ0) is 13.9. The van der Waals surface area contributed by atoms with E-state index in [4.69, 9.17) is 9.68 Å². The number of fused-ring (bicyclic) bond motifs is 1. The number of aromatic amines is 1. The number of hydrogen-bond acceptors (Lipinski definition) is 5. The summed E-state index contributed by atoms with van der Waals surface area (Å²) in [6.45, 7) is 2.00. The third kappa shape index (κ3) is 2.24. The molecule has 0 bridgehead atoms. The Balaban J connectivity index is 1.84. The van der Waals surface area contributed by atoms with Crippen LogP contribution in [0.2, 0.25) is 0 Å². The number of oxazole rings is 1. The highest BCUT2D eigenvalue weighted by Crippen LogP contribution is 2.28. The number of nitrogens with one attached hydrogen (secondary N) is 2. The van der Waals surface area contributed by atoms with E-state index < -0.39 is 0 Å². The fourth-order valence-corrected chi connectivity index (χ4v) is 2.57. The van der Waals surface area contributed by atoms with Gasteiger partial charge in [-0.15, -0.1) is 0 Å². The van der Waals surface area contributed by atoms with Crippen molar-refractivity contribution in [3.63, 3.8) is 0 Å². The normalized spacial score (nSPS) is 10.6. The number of para-hydroxylation sites is 1. The second-order valence-electron chi connectivity index (χ2n) is 4.18. The van der Waals surface area contributed by atoms with Crippen LogP contribution < -0.4 is 4.72 Å². The zero-order valence-corrected chi connectivity index (χ0v) is 11.6. The molecule has 0 aliphatic rings. The fraction of sp³-hybridized carbons (Fsp3) is 0.143. The molecule has 0 aliphatic carbocycles. The molecule has 0 radical (unpaired) electrons. The highest BCUT2D eigenvalue weighted by atomic mass is 32.2. The van der Waals surface area contributed by atoms with Gasteiger partial charge < -0.3 is 14.1 Å². The van der Waals surface area contributed by atoms with E-state index in [-0.39, 0.29) is 0 Å². The molecule has 100 valence electrons. The van der Waals surface area contributed by atoms with Crippen LogP contribution in [0.1, 0.15) is 18.4 Å². The van der Waals surface area contributed by atoms with Crippen molar-refractivity contribution in [3.05, 3.63) is 42.1 Å². The van der Waals surface area contributed by atoms with Crippen molar-refractivity contribution in [1.29, 1.82) is 5.26 Å². The van der Waals surface area contributed by atoms with Crippen LogP contribution in [0.15, 0.2) is 40.1 Å². The zero-order valence-electron chi connectivity index (χ0n) is 10.8. The van der Waals surface area contributed by atoms with E-state index in [0.29, 0.717) is 5.56 Å². The number of benzene rings is 1. The highest BCUT2D eigenvalue weighted by molar-refractivity contribution is 8.00. The second kappa shape index (κ2) is 5.31. The topological polar surface area (TPSA) is 77.6 Å². The number of aryl methyl sites for hydroxylation is 1. The molecular weight excluding hydrogens is 272 g/mol. The highest BCUT2D eigenvalue weighted by Gasteiger charge is 2.08. The van der Waals surface area contributed by atoms with Crippen LogP contribution in [0.5, 0.6) is 0 Å². The number of H-pyrrole nitrogens is 1. The third-order valence-electron chi connectivity index (χ3n) is 2.93. The summed E-state index contributed by atoms with van der Waals surface area (Å²) in [5.74, 6) is 0.721. The van der Waals surface area contributed by atoms with E-state index >= 15 is 0 Å². The van der Waals surface area contributed by atoms with Gasteiger partial charge >= 0.3 is 0 Å². The summed E-state index contributed by atoms with van der Waals surface area (Å²) >= 11 is 1.38. The van der Waals surface area contributed by atoms with Gasteiger partial charge in [-0.25, -0.2) is 4.98 Å². The van der Waals surface area contributed by atoms with Gasteiger partial charge in [-0.3, -0.25) is 0 Å². The quantitative estimate of drug-likeness (QED) is 0.714. The lowest BCUT2D eigenvalue weighted by atomic mass is 10.2. The van der Waals surface area contributed by atoms with E-state index in [1.807, 2.05) is 25.1 Å². The average molecular weight is 284 g/mol. The molecule has 0 spiro atoms. The first-order valence-electron chi connectivity index (χ1n) is 6.19. The fourth-order valence-electron chi connectivity index (χ4n) is 1.94. The van der Waals surface area contributed by atoms with Crippen LogP contribution in [0, 0.1) is 11.3 Å². The first kappa shape index (κ1) is 12.6. The van der Waals surface area contributed by atoms with Crippen LogP contribution in [-0.4, -0.2) is 9.97 Å². The molecule has 0 fully saturated rings. The van der Waals surface area contributed by atoms with Crippen molar-refractivity contribution < 1.29 is 4.42 Å². The molecule has 2 heterocycles. The Morgan fingerprint density at radius 1 is 1.50 bits per heavy atom. The Labute approximate surface area is 120 Å². The van der Waals surface area contributed by atoms with E-state index in [1.165, 1.54) is 11.9 Å². The van der Waals surface area contributed by atoms with Gasteiger partial charge in [0.05, 0.1) is 16.8 Å². The summed E-state index contributed by atoms with van der Waals surface area (Å²) in [5.41, 5.74) is 2.47. The Morgan fingerprint density at radius 2 is 2.40 bits per heavy atom. The molecule has 0 aliphatic heterocycles. The molecule has 2 N–H and O–H groups in total. The molecule has 3 aromatic rings. The van der Waals surface area contributed by atoms with E-state index in [0.717, 1.165) is 33.9 Å². The Morgan fingerprint density at radius 3 is 3.15 bits per heavy atom. The lowest BCUT2D eigenvalue weighted by Crippen LogP contribution is -1.88. The molecule has 20 heavy (non-hydrogen) atoms. The molecule has 1 aromatic carbocycles. The van der Waals surface area contributed by atoms with Crippen LogP contribution in [0.25, 0.3) is 10.9 Å². The van der Waals surface area contributed by atoms with Crippen LogP contribution in [0.3, 0.4) is 0 Å². The molecule has 0 atom stereocenters. The van der Waals surface area contributed by atoms with Crippen molar-refractivity contribution >= 4 is 28.5 Å². The van der Waals surface area contributed by atoms with Gasteiger partial charge in [-0.1, -0.05) is 19.1 Å². The van der Waals surface area contributed by atoms with Crippen molar-refractivity contribution in [3.8, 4) is 6.07 Å². The SMILES string of the molecule is CCc1nc(SNc2cccc3c(C#N)c[nH]c23)co1. The number of aromatic nitrogens is 2. The molecule has 3 rings (SSSR count). The molecule has 6 heteroatoms. The monoisotopic (exact) mass is 284 g/mol. The molecular formula is C14H12N4OS. The summed E-state index contributed by atoms with van der Waals surface area (Å²) < 4.78 is 8.52. The van der Waals surface area contributed by atoms with Crippen LogP contribution >= 0.6 is 11.9 Å². The van der Waals surface area contributed by atoms with E-state index in [1.54, 1.807) is 12.5 Å². The number of anilines is 1. The van der Waals surface area contributed by atoms with E-state index in [2.05, 4.69) is 20.8 Å². The summed E-state index contributed by atoms with van der Waals surface area (Å²) in [5, 5.41) is 10.7. The lowest BCUT2D eigenvalue weighted by Gasteiger charge is -2.04. The molecule has 5 nitrogen and oxygen atoms in total. The molecule has 0 saturated heterocycles. The molecule has 0 unspecified atom stereocenters. The summed E-state index contributed by atoms with van der Waals surface area (Å²) in [4.78, 5) is 7.43. The molecule has 0 saturated carbocycles. The van der Waals surface area contributed by atoms with Crippen molar-refractivity contribution in [2.24, 2.45) is 0 Å². The van der Waals surface area contributed by atoms with Gasteiger partial charge in [0.25, 0.3) is 0 Å². The number of nitrogens with zero attached hydrogens (tertiary/aromatic N) is 2. The van der Waals surface area contributed by atoms with Gasteiger partial charge in [0.2, 0.25) is 0 Å². The summed E-state index contributed by atoms with van der Waals surface area (Å²) in [6.07, 6.45) is 4.12. The first-order valence-corrected chi connectivity index (χ1v) is 7.01. The van der Waals surface area contributed by atoms with Gasteiger partial charge in [0.15, 0.2) is 10.9 Å². The minimum atomic E-state index is 0.642. The predicted molar refractivity (Wildman–Crippen MR) is 78.4 cm³/mol. The number of hydrogen-bond donors (Lipinski definition) is 2. The largest absolute Gasteiger partial charge is 0.448 e. The minimum Gasteiger partial charge on any atom is -0.448 e. The Bertz CT molecular complexity index is 784. The molecule has 0 amide bonds. The predicted octanol–water partition coefficient (Wildman–Crippen LogP) is 3.71. The smallest absolute Gasteiger partial charge is 0.194 e. The second-order valence-corrected chi connectivity index (χ2v) is 5.01. The maximum Gasteiger partial charge on any atom is 0.194 e. The van der Waals surface area contributed by atoms with Crippen molar-refractivity contribution in [2.75, 3.05) is 4.72 Å². The summed E-state index contributed by atoms with van der Waals surface area (Å²) in [7, 11) is 0. The van der Waals surface area contributed by atoms with Gasteiger partial charge in [0, 0.05) is 30.0 Å². The van der Waals surface area contributed by atoms with Crippen molar-refractivity contribution in [2.45, 2.75) is 18.4 Å². The molecule has 2 aromatic heterocycles. The van der Waals surface area contributed by atoms with Gasteiger partial charge in [-0.05, 0) is 6.07 Å². The van der Waals surface area contributed by atoms with Crippen molar-refractivity contribution in [1.82, 2.24) is 9.97 Å². The first-order chi connectivity index (χ1) is 9.81. The number of rotatable bonds is 4. The van der Waals surface area contributed by atoms with E-state index in [9.17, 15) is 0 Å².